The predicted octanol–water partition coefficient (Wildman–Crippen LogP) is 3.02. The first-order valence-corrected chi connectivity index (χ1v) is 7.46. The molecule has 3 N–H and O–H groups in total. The van der Waals surface area contributed by atoms with Crippen molar-refractivity contribution in [3.8, 4) is 34.4 Å². The van der Waals surface area contributed by atoms with Crippen LogP contribution in [0.2, 0.25) is 0 Å². The highest BCUT2D eigenvalue weighted by Crippen LogP contribution is 2.48. The molecule has 25 heavy (non-hydrogen) atoms. The van der Waals surface area contributed by atoms with E-state index in [9.17, 15) is 14.0 Å². The van der Waals surface area contributed by atoms with Gasteiger partial charge in [-0.2, -0.15) is 5.26 Å². The molecule has 0 fully saturated rings. The minimum atomic E-state index is -2.84. The van der Waals surface area contributed by atoms with E-state index in [1.54, 1.807) is 18.2 Å². The van der Waals surface area contributed by atoms with Gasteiger partial charge in [0.25, 0.3) is 6.43 Å². The molecule has 0 saturated carbocycles. The zero-order chi connectivity index (χ0) is 18.6. The Morgan fingerprint density at radius 2 is 1.84 bits per heavy atom. The van der Waals surface area contributed by atoms with Gasteiger partial charge in [-0.1, -0.05) is 0 Å². The van der Waals surface area contributed by atoms with E-state index in [1.165, 1.54) is 21.3 Å². The van der Waals surface area contributed by atoms with E-state index in [1.807, 2.05) is 0 Å². The van der Waals surface area contributed by atoms with Crippen molar-refractivity contribution in [1.82, 2.24) is 4.98 Å². The van der Waals surface area contributed by atoms with Crippen LogP contribution in [-0.2, 0) is 6.42 Å². The minimum absolute atomic E-state index is 0.190. The van der Waals surface area contributed by atoms with Crippen molar-refractivity contribution in [2.45, 2.75) is 12.8 Å². The third-order valence-electron chi connectivity index (χ3n) is 3.81. The van der Waals surface area contributed by atoms with E-state index in [2.05, 4.69) is 4.98 Å². The predicted molar refractivity (Wildman–Crippen MR) is 88.3 cm³/mol. The molecule has 0 unspecified atom stereocenters. The van der Waals surface area contributed by atoms with Crippen molar-refractivity contribution in [3.05, 3.63) is 29.1 Å². The average Bonchev–Trinajstić information content (AvgIpc) is 2.98. The number of benzene rings is 1. The van der Waals surface area contributed by atoms with Crippen molar-refractivity contribution in [2.75, 3.05) is 27.9 Å². The third-order valence-corrected chi connectivity index (χ3v) is 3.81. The number of hydrogen-bond donors (Lipinski definition) is 2. The van der Waals surface area contributed by atoms with Gasteiger partial charge in [-0.15, -0.1) is 0 Å². The van der Waals surface area contributed by atoms with Crippen LogP contribution < -0.4 is 19.9 Å². The number of alkyl halides is 2. The largest absolute Gasteiger partial charge is 0.493 e. The fourth-order valence-electron chi connectivity index (χ4n) is 2.81. The molecule has 6 nitrogen and oxygen atoms in total. The van der Waals surface area contributed by atoms with Crippen molar-refractivity contribution < 1.29 is 23.0 Å². The number of ether oxygens (including phenoxy) is 3. The fourth-order valence-corrected chi connectivity index (χ4v) is 2.81. The van der Waals surface area contributed by atoms with Gasteiger partial charge in [0.2, 0.25) is 5.75 Å². The lowest BCUT2D eigenvalue weighted by molar-refractivity contribution is 0.152. The van der Waals surface area contributed by atoms with Gasteiger partial charge < -0.3 is 24.9 Å². The maximum Gasteiger partial charge on any atom is 0.267 e. The number of aromatic nitrogens is 1. The number of nitrogens with one attached hydrogen (secondary N) is 1. The summed E-state index contributed by atoms with van der Waals surface area (Å²) in [6.07, 6.45) is -2.54. The van der Waals surface area contributed by atoms with Crippen LogP contribution in [0.1, 0.15) is 23.4 Å². The van der Waals surface area contributed by atoms with Crippen LogP contribution in [0.5, 0.6) is 17.2 Å². The number of halogens is 2. The molecule has 0 aliphatic rings. The molecule has 0 amide bonds. The van der Waals surface area contributed by atoms with Crippen LogP contribution in [0.25, 0.3) is 11.1 Å². The Balaban J connectivity index is 2.86. The molecular formula is C17H19F2N3O3. The van der Waals surface area contributed by atoms with Crippen LogP contribution in [0.3, 0.4) is 0 Å². The van der Waals surface area contributed by atoms with E-state index < -0.39 is 6.43 Å². The number of hydrogen-bond acceptors (Lipinski definition) is 5. The summed E-state index contributed by atoms with van der Waals surface area (Å²) in [7, 11) is 4.30. The molecule has 1 heterocycles. The Morgan fingerprint density at radius 3 is 2.32 bits per heavy atom. The van der Waals surface area contributed by atoms with Crippen LogP contribution in [0, 0.1) is 11.3 Å². The van der Waals surface area contributed by atoms with Gasteiger partial charge in [0, 0.05) is 23.2 Å². The number of nitrogens with two attached hydrogens (primary N) is 1. The van der Waals surface area contributed by atoms with Crippen LogP contribution in [0.4, 0.5) is 8.78 Å². The first-order chi connectivity index (χ1) is 12.0. The van der Waals surface area contributed by atoms with Gasteiger partial charge in [0.15, 0.2) is 11.5 Å². The van der Waals surface area contributed by atoms with E-state index in [0.29, 0.717) is 23.4 Å². The Kier molecular flexibility index (Phi) is 5.83. The highest BCUT2D eigenvalue weighted by atomic mass is 19.3. The summed E-state index contributed by atoms with van der Waals surface area (Å²) in [4.78, 5) is 2.75. The number of aromatic amines is 1. The quantitative estimate of drug-likeness (QED) is 0.800. The second kappa shape index (κ2) is 7.85. The number of rotatable bonds is 7. The zero-order valence-electron chi connectivity index (χ0n) is 14.2. The smallest absolute Gasteiger partial charge is 0.267 e. The average molecular weight is 351 g/mol. The lowest BCUT2D eigenvalue weighted by Crippen LogP contribution is -2.05. The van der Waals surface area contributed by atoms with Gasteiger partial charge in [0.05, 0.1) is 26.9 Å². The monoisotopic (exact) mass is 351 g/mol. The van der Waals surface area contributed by atoms with E-state index in [0.717, 1.165) is 0 Å². The van der Waals surface area contributed by atoms with Crippen molar-refractivity contribution in [2.24, 2.45) is 5.73 Å². The summed E-state index contributed by atoms with van der Waals surface area (Å²) in [6.45, 7) is 0.233. The van der Waals surface area contributed by atoms with E-state index in [4.69, 9.17) is 19.9 Å². The second-order valence-corrected chi connectivity index (χ2v) is 5.10. The number of nitrogens with zero attached hydrogens (tertiary/aromatic N) is 1. The molecule has 2 rings (SSSR count). The molecule has 1 aromatic heterocycles. The first kappa shape index (κ1) is 18.5. The number of H-pyrrole nitrogens is 1. The first-order valence-electron chi connectivity index (χ1n) is 7.46. The molecule has 1 aromatic carbocycles. The lowest BCUT2D eigenvalue weighted by Gasteiger charge is -2.17. The van der Waals surface area contributed by atoms with Crippen molar-refractivity contribution >= 4 is 0 Å². The summed E-state index contributed by atoms with van der Waals surface area (Å²) in [5.74, 6) is 0.921. The van der Waals surface area contributed by atoms with Crippen LogP contribution >= 0.6 is 0 Å². The maximum absolute atomic E-state index is 13.7. The molecule has 8 heteroatoms. The van der Waals surface area contributed by atoms with E-state index >= 15 is 0 Å². The minimum Gasteiger partial charge on any atom is -0.493 e. The normalized spacial score (nSPS) is 10.6. The van der Waals surface area contributed by atoms with Crippen LogP contribution in [0.15, 0.2) is 12.1 Å². The van der Waals surface area contributed by atoms with Crippen molar-refractivity contribution in [1.29, 1.82) is 5.26 Å². The molecule has 2 aromatic rings. The van der Waals surface area contributed by atoms with Crippen LogP contribution in [-0.4, -0.2) is 32.9 Å². The van der Waals surface area contributed by atoms with Gasteiger partial charge in [-0.05, 0) is 18.7 Å². The highest BCUT2D eigenvalue weighted by Gasteiger charge is 2.28. The SMILES string of the molecule is COc1ccc(-c2c(CCN)[nH]c(C#N)c2C(F)F)c(OC)c1OC. The summed E-state index contributed by atoms with van der Waals surface area (Å²) < 4.78 is 43.3. The second-order valence-electron chi connectivity index (χ2n) is 5.10. The number of nitriles is 1. The summed E-state index contributed by atoms with van der Waals surface area (Å²) in [6, 6.07) is 4.97. The van der Waals surface area contributed by atoms with Gasteiger partial charge in [-0.3, -0.25) is 0 Å². The Labute approximate surface area is 144 Å². The molecule has 0 saturated heterocycles. The Morgan fingerprint density at radius 1 is 1.16 bits per heavy atom. The molecule has 0 aliphatic carbocycles. The highest BCUT2D eigenvalue weighted by molar-refractivity contribution is 5.82. The molecule has 0 spiro atoms. The topological polar surface area (TPSA) is 93.3 Å². The van der Waals surface area contributed by atoms with Gasteiger partial charge in [0.1, 0.15) is 11.8 Å². The Bertz CT molecular complexity index is 797. The fraction of sp³-hybridized carbons (Fsp3) is 0.353. The van der Waals surface area contributed by atoms with Gasteiger partial charge >= 0.3 is 0 Å². The third kappa shape index (κ3) is 3.23. The van der Waals surface area contributed by atoms with Crippen molar-refractivity contribution in [3.63, 3.8) is 0 Å². The summed E-state index contributed by atoms with van der Waals surface area (Å²) >= 11 is 0. The van der Waals surface area contributed by atoms with E-state index in [-0.39, 0.29) is 34.9 Å². The van der Waals surface area contributed by atoms with Gasteiger partial charge in [-0.25, -0.2) is 8.78 Å². The lowest BCUT2D eigenvalue weighted by atomic mass is 9.97. The molecule has 0 bridgehead atoms. The number of methoxy groups -OCH3 is 3. The Hall–Kier alpha value is -2.79. The summed E-state index contributed by atoms with van der Waals surface area (Å²) in [5, 5.41) is 9.21. The summed E-state index contributed by atoms with van der Waals surface area (Å²) in [5.41, 5.74) is 6.04. The maximum atomic E-state index is 13.7. The molecule has 0 radical (unpaired) electrons. The molecule has 0 aliphatic heterocycles. The standard InChI is InChI=1S/C17H19F2N3O3/c1-23-12-5-4-9(15(24-2)16(12)25-3)13-10(6-7-20)22-11(8-21)14(13)17(18)19/h4-5,17,22H,6-7,20H2,1-3H3. The molecule has 134 valence electrons. The molecular weight excluding hydrogens is 332 g/mol. The zero-order valence-corrected chi connectivity index (χ0v) is 14.2. The molecule has 0 atom stereocenters.